The number of H-pyrrole nitrogens is 1. The number of para-hydroxylation sites is 2. The molecule has 1 amide bonds. The lowest BCUT2D eigenvalue weighted by Gasteiger charge is -2.33. The Balaban J connectivity index is 1.60. The number of hydrogen-bond donors (Lipinski definition) is 1. The SMILES string of the molecule is CN(CC(F)(F)F)C(=O)CN1CCC(n2c(=O)[nH]c3ccccc32)CC1. The third kappa shape index (κ3) is 4.09. The zero-order valence-electron chi connectivity index (χ0n) is 14.4. The molecular weight excluding hydrogens is 349 g/mol. The third-order valence-corrected chi connectivity index (χ3v) is 4.75. The van der Waals surface area contributed by atoms with E-state index in [-0.39, 0.29) is 18.3 Å². The molecular formula is C17H21F3N4O2. The number of fused-ring (bicyclic) bond motifs is 1. The fourth-order valence-electron chi connectivity index (χ4n) is 3.44. The van der Waals surface area contributed by atoms with E-state index in [1.807, 2.05) is 29.2 Å². The van der Waals surface area contributed by atoms with E-state index in [1.54, 1.807) is 4.57 Å². The number of halogens is 3. The number of piperidine rings is 1. The number of rotatable bonds is 4. The van der Waals surface area contributed by atoms with Gasteiger partial charge in [-0.15, -0.1) is 0 Å². The van der Waals surface area contributed by atoms with Crippen molar-refractivity contribution in [2.45, 2.75) is 25.1 Å². The number of nitrogens with zero attached hydrogens (tertiary/aromatic N) is 3. The van der Waals surface area contributed by atoms with Crippen molar-refractivity contribution >= 4 is 16.9 Å². The number of hydrogen-bond acceptors (Lipinski definition) is 3. The maximum Gasteiger partial charge on any atom is 0.406 e. The largest absolute Gasteiger partial charge is 0.406 e. The van der Waals surface area contributed by atoms with Crippen molar-refractivity contribution in [1.82, 2.24) is 19.4 Å². The van der Waals surface area contributed by atoms with Crippen LogP contribution in [0.25, 0.3) is 11.0 Å². The Morgan fingerprint density at radius 1 is 1.27 bits per heavy atom. The first-order valence-electron chi connectivity index (χ1n) is 8.47. The summed E-state index contributed by atoms with van der Waals surface area (Å²) in [5.74, 6) is -0.551. The highest BCUT2D eigenvalue weighted by molar-refractivity contribution is 5.78. The van der Waals surface area contributed by atoms with Crippen molar-refractivity contribution < 1.29 is 18.0 Å². The Hall–Kier alpha value is -2.29. The van der Waals surface area contributed by atoms with Crippen molar-refractivity contribution in [3.05, 3.63) is 34.7 Å². The number of aromatic nitrogens is 2. The lowest BCUT2D eigenvalue weighted by Crippen LogP contribution is -2.45. The summed E-state index contributed by atoms with van der Waals surface area (Å²) in [6.45, 7) is -0.167. The van der Waals surface area contributed by atoms with Crippen LogP contribution in [0.2, 0.25) is 0 Å². The van der Waals surface area contributed by atoms with Crippen LogP contribution in [0.3, 0.4) is 0 Å². The molecule has 1 aliphatic rings. The Kier molecular flexibility index (Phi) is 5.08. The Labute approximate surface area is 148 Å². The average Bonchev–Trinajstić information content (AvgIpc) is 2.90. The Bertz CT molecular complexity index is 834. The van der Waals surface area contributed by atoms with Gasteiger partial charge in [0.15, 0.2) is 0 Å². The summed E-state index contributed by atoms with van der Waals surface area (Å²) in [7, 11) is 1.16. The van der Waals surface area contributed by atoms with E-state index in [0.717, 1.165) is 18.1 Å². The summed E-state index contributed by atoms with van der Waals surface area (Å²) >= 11 is 0. The van der Waals surface area contributed by atoms with Crippen LogP contribution < -0.4 is 5.69 Å². The molecule has 1 aromatic heterocycles. The van der Waals surface area contributed by atoms with Gasteiger partial charge in [0, 0.05) is 26.2 Å². The standard InChI is InChI=1S/C17H21F3N4O2/c1-22(11-17(18,19)20)15(25)10-23-8-6-12(7-9-23)24-14-5-3-2-4-13(14)21-16(24)26/h2-5,12H,6-11H2,1H3,(H,21,26). The van der Waals surface area contributed by atoms with Gasteiger partial charge < -0.3 is 9.88 Å². The molecule has 3 rings (SSSR count). The maximum atomic E-state index is 12.4. The van der Waals surface area contributed by atoms with Crippen LogP contribution in [0.15, 0.2) is 29.1 Å². The molecule has 142 valence electrons. The first kappa shape index (κ1) is 18.5. The highest BCUT2D eigenvalue weighted by atomic mass is 19.4. The number of amides is 1. The van der Waals surface area contributed by atoms with Crippen LogP contribution in [0.4, 0.5) is 13.2 Å². The molecule has 9 heteroatoms. The fourth-order valence-corrected chi connectivity index (χ4v) is 3.44. The minimum absolute atomic E-state index is 0.0120. The molecule has 0 aliphatic carbocycles. The van der Waals surface area contributed by atoms with E-state index in [4.69, 9.17) is 0 Å². The lowest BCUT2D eigenvalue weighted by molar-refractivity contribution is -0.159. The van der Waals surface area contributed by atoms with Crippen LogP contribution in [0.5, 0.6) is 0 Å². The molecule has 2 aromatic rings. The summed E-state index contributed by atoms with van der Waals surface area (Å²) in [5.41, 5.74) is 1.46. The molecule has 0 atom stereocenters. The molecule has 1 fully saturated rings. The highest BCUT2D eigenvalue weighted by Gasteiger charge is 2.32. The number of alkyl halides is 3. The van der Waals surface area contributed by atoms with Gasteiger partial charge in [0.2, 0.25) is 5.91 Å². The molecule has 1 saturated heterocycles. The first-order valence-corrected chi connectivity index (χ1v) is 8.47. The molecule has 1 aliphatic heterocycles. The number of carbonyl (C=O) groups excluding carboxylic acids is 1. The van der Waals surface area contributed by atoms with Crippen molar-refractivity contribution in [2.24, 2.45) is 0 Å². The monoisotopic (exact) mass is 370 g/mol. The average molecular weight is 370 g/mol. The molecule has 0 bridgehead atoms. The van der Waals surface area contributed by atoms with Crippen molar-refractivity contribution in [2.75, 3.05) is 33.2 Å². The van der Waals surface area contributed by atoms with Gasteiger partial charge in [0.05, 0.1) is 17.6 Å². The topological polar surface area (TPSA) is 61.3 Å². The van der Waals surface area contributed by atoms with Gasteiger partial charge in [0.25, 0.3) is 0 Å². The second-order valence-corrected chi connectivity index (χ2v) is 6.69. The molecule has 0 radical (unpaired) electrons. The summed E-state index contributed by atoms with van der Waals surface area (Å²) in [5, 5.41) is 0. The van der Waals surface area contributed by atoms with Gasteiger partial charge in [-0.1, -0.05) is 12.1 Å². The molecule has 0 saturated carbocycles. The minimum Gasteiger partial charge on any atom is -0.336 e. The Morgan fingerprint density at radius 2 is 1.92 bits per heavy atom. The summed E-state index contributed by atoms with van der Waals surface area (Å²) in [6.07, 6.45) is -3.07. The van der Waals surface area contributed by atoms with Crippen LogP contribution in [-0.2, 0) is 4.79 Å². The van der Waals surface area contributed by atoms with E-state index < -0.39 is 18.6 Å². The number of likely N-dealkylation sites (tertiary alicyclic amines) is 1. The molecule has 0 spiro atoms. The first-order chi connectivity index (χ1) is 12.2. The van der Waals surface area contributed by atoms with Gasteiger partial charge in [-0.05, 0) is 25.0 Å². The zero-order chi connectivity index (χ0) is 18.9. The van der Waals surface area contributed by atoms with Crippen LogP contribution in [0.1, 0.15) is 18.9 Å². The molecule has 1 N–H and O–H groups in total. The van der Waals surface area contributed by atoms with Crippen LogP contribution >= 0.6 is 0 Å². The minimum atomic E-state index is -4.39. The zero-order valence-corrected chi connectivity index (χ0v) is 14.4. The van der Waals surface area contributed by atoms with Gasteiger partial charge in [-0.25, -0.2) is 4.79 Å². The second kappa shape index (κ2) is 7.14. The predicted octanol–water partition coefficient (Wildman–Crippen LogP) is 1.99. The number of aromatic amines is 1. The van der Waals surface area contributed by atoms with Gasteiger partial charge in [0.1, 0.15) is 6.54 Å². The molecule has 0 unspecified atom stereocenters. The summed E-state index contributed by atoms with van der Waals surface area (Å²) in [4.78, 5) is 29.6. The lowest BCUT2D eigenvalue weighted by atomic mass is 10.0. The quantitative estimate of drug-likeness (QED) is 0.895. The van der Waals surface area contributed by atoms with Gasteiger partial charge >= 0.3 is 11.9 Å². The molecule has 26 heavy (non-hydrogen) atoms. The van der Waals surface area contributed by atoms with E-state index in [2.05, 4.69) is 4.98 Å². The molecule has 6 nitrogen and oxygen atoms in total. The van der Waals surface area contributed by atoms with Gasteiger partial charge in [-0.2, -0.15) is 13.2 Å². The van der Waals surface area contributed by atoms with Crippen LogP contribution in [-0.4, -0.2) is 64.7 Å². The van der Waals surface area contributed by atoms with Gasteiger partial charge in [-0.3, -0.25) is 14.3 Å². The number of carbonyl (C=O) groups is 1. The maximum absolute atomic E-state index is 12.4. The number of nitrogens with one attached hydrogen (secondary N) is 1. The van der Waals surface area contributed by atoms with E-state index >= 15 is 0 Å². The normalized spacial score (nSPS) is 16.9. The summed E-state index contributed by atoms with van der Waals surface area (Å²) < 4.78 is 38.9. The number of benzene rings is 1. The molecule has 1 aromatic carbocycles. The highest BCUT2D eigenvalue weighted by Crippen LogP contribution is 2.25. The smallest absolute Gasteiger partial charge is 0.336 e. The molecule has 2 heterocycles. The Morgan fingerprint density at radius 3 is 2.58 bits per heavy atom. The number of imidazole rings is 1. The van der Waals surface area contributed by atoms with E-state index in [1.165, 1.54) is 0 Å². The second-order valence-electron chi connectivity index (χ2n) is 6.69. The van der Waals surface area contributed by atoms with Crippen molar-refractivity contribution in [1.29, 1.82) is 0 Å². The van der Waals surface area contributed by atoms with Crippen molar-refractivity contribution in [3.8, 4) is 0 Å². The van der Waals surface area contributed by atoms with E-state index in [0.29, 0.717) is 30.8 Å². The third-order valence-electron chi connectivity index (χ3n) is 4.75. The number of likely N-dealkylation sites (N-methyl/N-ethyl adjacent to an activating group) is 1. The fraction of sp³-hybridized carbons (Fsp3) is 0.529. The van der Waals surface area contributed by atoms with Crippen LogP contribution in [0, 0.1) is 0 Å². The van der Waals surface area contributed by atoms with E-state index in [9.17, 15) is 22.8 Å². The predicted molar refractivity (Wildman–Crippen MR) is 91.0 cm³/mol. The summed E-state index contributed by atoms with van der Waals surface area (Å²) in [6, 6.07) is 7.47. The van der Waals surface area contributed by atoms with Crippen molar-refractivity contribution in [3.63, 3.8) is 0 Å².